The number of nitrogens with one attached hydrogen (secondary N) is 1. The van der Waals surface area contributed by atoms with Crippen molar-refractivity contribution < 1.29 is 18.0 Å². The maximum atomic E-state index is 11.8. The zero-order chi connectivity index (χ0) is 12.2. The van der Waals surface area contributed by atoms with Crippen LogP contribution in [0.4, 0.5) is 13.2 Å². The molecule has 0 aliphatic rings. The van der Waals surface area contributed by atoms with Gasteiger partial charge in [-0.05, 0) is 18.6 Å². The summed E-state index contributed by atoms with van der Waals surface area (Å²) in [6.07, 6.45) is -4.34. The average molecular weight is 254 g/mol. The topological polar surface area (TPSA) is 21.3 Å². The third-order valence-electron chi connectivity index (χ3n) is 1.87. The molecule has 0 saturated heterocycles. The molecule has 1 atom stereocenters. The number of hydrogen-bond acceptors (Lipinski definition) is 2. The second kappa shape index (κ2) is 5.52. The second-order valence-electron chi connectivity index (χ2n) is 3.26. The number of rotatable bonds is 4. The first-order valence-electron chi connectivity index (χ1n) is 4.58. The normalized spacial score (nSPS) is 13.8. The summed E-state index contributed by atoms with van der Waals surface area (Å²) in [6, 6.07) is 6.48. The first-order chi connectivity index (χ1) is 7.40. The summed E-state index contributed by atoms with van der Waals surface area (Å²) in [5, 5.41) is 0.484. The van der Waals surface area contributed by atoms with Gasteiger partial charge >= 0.3 is 6.18 Å². The van der Waals surface area contributed by atoms with Crippen molar-refractivity contribution in [3.05, 3.63) is 34.9 Å². The first kappa shape index (κ1) is 13.3. The highest BCUT2D eigenvalue weighted by molar-refractivity contribution is 6.31. The van der Waals surface area contributed by atoms with Crippen LogP contribution in [0.2, 0.25) is 5.02 Å². The Bertz CT molecular complexity index is 343. The molecule has 1 unspecified atom stereocenters. The fourth-order valence-electron chi connectivity index (χ4n) is 1.14. The van der Waals surface area contributed by atoms with Crippen molar-refractivity contribution in [2.45, 2.75) is 19.1 Å². The van der Waals surface area contributed by atoms with Crippen LogP contribution in [-0.2, 0) is 4.84 Å². The van der Waals surface area contributed by atoms with Gasteiger partial charge in [-0.2, -0.15) is 18.7 Å². The van der Waals surface area contributed by atoms with Gasteiger partial charge < -0.3 is 0 Å². The van der Waals surface area contributed by atoms with Crippen LogP contribution in [0.25, 0.3) is 0 Å². The van der Waals surface area contributed by atoms with Gasteiger partial charge in [0.15, 0.2) is 6.61 Å². The third-order valence-corrected chi connectivity index (χ3v) is 2.21. The van der Waals surface area contributed by atoms with E-state index in [4.69, 9.17) is 11.6 Å². The molecule has 1 N–H and O–H groups in total. The Morgan fingerprint density at radius 2 is 2.00 bits per heavy atom. The molecule has 90 valence electrons. The lowest BCUT2D eigenvalue weighted by Crippen LogP contribution is -2.26. The van der Waals surface area contributed by atoms with Crippen LogP contribution in [0, 0.1) is 0 Å². The molecule has 1 rings (SSSR count). The Hall–Kier alpha value is -0.780. The number of alkyl halides is 3. The summed E-state index contributed by atoms with van der Waals surface area (Å²) in [7, 11) is 0. The van der Waals surface area contributed by atoms with Gasteiger partial charge in [-0.25, -0.2) is 0 Å². The molecule has 1 aromatic rings. The molecule has 6 heteroatoms. The number of benzene rings is 1. The van der Waals surface area contributed by atoms with Gasteiger partial charge in [0.25, 0.3) is 0 Å². The lowest BCUT2D eigenvalue weighted by Gasteiger charge is -2.16. The van der Waals surface area contributed by atoms with Gasteiger partial charge in [0, 0.05) is 5.02 Å². The fraction of sp³-hybridized carbons (Fsp3) is 0.400. The van der Waals surface area contributed by atoms with E-state index in [-0.39, 0.29) is 0 Å². The van der Waals surface area contributed by atoms with Gasteiger partial charge in [-0.1, -0.05) is 29.8 Å². The highest BCUT2D eigenvalue weighted by atomic mass is 35.5. The number of hydroxylamine groups is 1. The Labute approximate surface area is 96.3 Å². The zero-order valence-corrected chi connectivity index (χ0v) is 9.27. The summed E-state index contributed by atoms with van der Waals surface area (Å²) in [5.41, 5.74) is 2.98. The summed E-state index contributed by atoms with van der Waals surface area (Å²) >= 11 is 5.87. The molecule has 1 aromatic carbocycles. The smallest absolute Gasteiger partial charge is 0.292 e. The Balaban J connectivity index is 2.47. The minimum absolute atomic E-state index is 0.406. The van der Waals surface area contributed by atoms with Gasteiger partial charge in [0.05, 0.1) is 6.04 Å². The molecule has 0 aromatic heterocycles. The summed E-state index contributed by atoms with van der Waals surface area (Å²) < 4.78 is 35.4. The SMILES string of the molecule is CC(NOCC(F)(F)F)c1ccccc1Cl. The Kier molecular flexibility index (Phi) is 4.58. The van der Waals surface area contributed by atoms with Crippen LogP contribution < -0.4 is 5.48 Å². The van der Waals surface area contributed by atoms with Gasteiger partial charge in [0.1, 0.15) is 0 Å². The van der Waals surface area contributed by atoms with Crippen LogP contribution >= 0.6 is 11.6 Å². The predicted molar refractivity (Wildman–Crippen MR) is 55.0 cm³/mol. The highest BCUT2D eigenvalue weighted by Crippen LogP contribution is 2.22. The standard InChI is InChI=1S/C10H11ClF3NO/c1-7(15-16-6-10(12,13)14)8-4-2-3-5-9(8)11/h2-5,7,15H,6H2,1H3. The van der Waals surface area contributed by atoms with E-state index in [2.05, 4.69) is 10.3 Å². The van der Waals surface area contributed by atoms with E-state index < -0.39 is 18.8 Å². The Morgan fingerprint density at radius 1 is 1.38 bits per heavy atom. The van der Waals surface area contributed by atoms with Crippen LogP contribution in [0.3, 0.4) is 0 Å². The maximum absolute atomic E-state index is 11.8. The first-order valence-corrected chi connectivity index (χ1v) is 4.96. The van der Waals surface area contributed by atoms with Crippen molar-refractivity contribution in [1.29, 1.82) is 0 Å². The van der Waals surface area contributed by atoms with E-state index in [0.29, 0.717) is 10.6 Å². The van der Waals surface area contributed by atoms with Gasteiger partial charge in [-0.15, -0.1) is 0 Å². The summed E-state index contributed by atoms with van der Waals surface area (Å²) in [5.74, 6) is 0. The largest absolute Gasteiger partial charge is 0.413 e. The molecule has 2 nitrogen and oxygen atoms in total. The van der Waals surface area contributed by atoms with Crippen molar-refractivity contribution in [2.24, 2.45) is 0 Å². The molecule has 0 saturated carbocycles. The molecule has 0 heterocycles. The minimum Gasteiger partial charge on any atom is -0.292 e. The van der Waals surface area contributed by atoms with Crippen molar-refractivity contribution in [1.82, 2.24) is 5.48 Å². The molecule has 16 heavy (non-hydrogen) atoms. The molecular formula is C10H11ClF3NO. The highest BCUT2D eigenvalue weighted by Gasteiger charge is 2.28. The van der Waals surface area contributed by atoms with E-state index in [1.807, 2.05) is 0 Å². The maximum Gasteiger partial charge on any atom is 0.413 e. The van der Waals surface area contributed by atoms with Crippen LogP contribution in [0.5, 0.6) is 0 Å². The summed E-state index contributed by atoms with van der Waals surface area (Å²) in [6.45, 7) is 0.333. The minimum atomic E-state index is -4.34. The van der Waals surface area contributed by atoms with Crippen molar-refractivity contribution in [3.63, 3.8) is 0 Å². The van der Waals surface area contributed by atoms with E-state index in [0.717, 1.165) is 0 Å². The van der Waals surface area contributed by atoms with Gasteiger partial charge in [0.2, 0.25) is 0 Å². The molecule has 0 spiro atoms. The van der Waals surface area contributed by atoms with Crippen molar-refractivity contribution in [2.75, 3.05) is 6.61 Å². The number of halogens is 4. The average Bonchev–Trinajstić information content (AvgIpc) is 2.16. The molecule has 0 aliphatic carbocycles. The van der Waals surface area contributed by atoms with Crippen LogP contribution in [-0.4, -0.2) is 12.8 Å². The summed E-state index contributed by atoms with van der Waals surface area (Å²) in [4.78, 5) is 4.34. The third kappa shape index (κ3) is 4.38. The lowest BCUT2D eigenvalue weighted by atomic mass is 10.1. The fourth-order valence-corrected chi connectivity index (χ4v) is 1.44. The monoisotopic (exact) mass is 253 g/mol. The van der Waals surface area contributed by atoms with Crippen molar-refractivity contribution in [3.8, 4) is 0 Å². The molecule has 0 bridgehead atoms. The molecule has 0 radical (unpaired) electrons. The van der Waals surface area contributed by atoms with Crippen molar-refractivity contribution >= 4 is 11.6 Å². The van der Waals surface area contributed by atoms with Crippen LogP contribution in [0.1, 0.15) is 18.5 Å². The number of hydrogen-bond donors (Lipinski definition) is 1. The lowest BCUT2D eigenvalue weighted by molar-refractivity contribution is -0.192. The molecule has 0 amide bonds. The van der Waals surface area contributed by atoms with E-state index in [1.165, 1.54) is 0 Å². The van der Waals surface area contributed by atoms with Crippen LogP contribution in [0.15, 0.2) is 24.3 Å². The van der Waals surface area contributed by atoms with Gasteiger partial charge in [-0.3, -0.25) is 4.84 Å². The molecule has 0 fully saturated rings. The second-order valence-corrected chi connectivity index (χ2v) is 3.67. The van der Waals surface area contributed by atoms with E-state index in [9.17, 15) is 13.2 Å². The Morgan fingerprint density at radius 3 is 2.56 bits per heavy atom. The van der Waals surface area contributed by atoms with E-state index >= 15 is 0 Å². The zero-order valence-electron chi connectivity index (χ0n) is 8.51. The molecular weight excluding hydrogens is 243 g/mol. The molecule has 0 aliphatic heterocycles. The predicted octanol–water partition coefficient (Wildman–Crippen LogP) is 3.48. The quantitative estimate of drug-likeness (QED) is 0.830. The van der Waals surface area contributed by atoms with E-state index in [1.54, 1.807) is 31.2 Å².